The first-order chi connectivity index (χ1) is 8.35. The number of amides is 2. The van der Waals surface area contributed by atoms with Gasteiger partial charge in [-0.1, -0.05) is 6.92 Å². The SMILES string of the molecule is CCC1(C(=O)O)CCCN1C(=O)N(C)CC(F)F. The first kappa shape index (κ1) is 14.7. The number of aliphatic carboxylic acids is 1. The normalized spacial score (nSPS) is 23.5. The summed E-state index contributed by atoms with van der Waals surface area (Å²) in [4.78, 5) is 25.5. The van der Waals surface area contributed by atoms with E-state index >= 15 is 0 Å². The van der Waals surface area contributed by atoms with Crippen molar-refractivity contribution in [3.05, 3.63) is 0 Å². The number of carboxylic acids is 1. The summed E-state index contributed by atoms with van der Waals surface area (Å²) in [6.45, 7) is 1.30. The highest BCUT2D eigenvalue weighted by Crippen LogP contribution is 2.33. The first-order valence-electron chi connectivity index (χ1n) is 5.89. The van der Waals surface area contributed by atoms with Gasteiger partial charge in [-0.05, 0) is 19.3 Å². The molecule has 0 aromatic heterocycles. The van der Waals surface area contributed by atoms with Gasteiger partial charge in [0.1, 0.15) is 5.54 Å². The highest BCUT2D eigenvalue weighted by molar-refractivity contribution is 5.87. The second-order valence-corrected chi connectivity index (χ2v) is 4.50. The van der Waals surface area contributed by atoms with Crippen LogP contribution in [0.3, 0.4) is 0 Å². The van der Waals surface area contributed by atoms with E-state index < -0.39 is 30.5 Å². The number of rotatable bonds is 4. The topological polar surface area (TPSA) is 60.9 Å². The molecule has 0 aromatic rings. The summed E-state index contributed by atoms with van der Waals surface area (Å²) in [5, 5.41) is 9.29. The maximum atomic E-state index is 12.2. The van der Waals surface area contributed by atoms with E-state index in [9.17, 15) is 23.5 Å². The molecule has 0 aromatic carbocycles. The highest BCUT2D eigenvalue weighted by atomic mass is 19.3. The number of carbonyl (C=O) groups excluding carboxylic acids is 1. The fourth-order valence-corrected chi connectivity index (χ4v) is 2.39. The summed E-state index contributed by atoms with van der Waals surface area (Å²) in [6, 6.07) is -0.642. The molecule has 1 fully saturated rings. The maximum absolute atomic E-state index is 12.2. The van der Waals surface area contributed by atoms with Crippen LogP contribution in [0, 0.1) is 0 Å². The lowest BCUT2D eigenvalue weighted by Gasteiger charge is -2.36. The quantitative estimate of drug-likeness (QED) is 0.839. The molecule has 7 heteroatoms. The zero-order valence-electron chi connectivity index (χ0n) is 10.5. The maximum Gasteiger partial charge on any atom is 0.329 e. The molecule has 1 atom stereocenters. The molecule has 1 aliphatic heterocycles. The molecular formula is C11H18F2N2O3. The van der Waals surface area contributed by atoms with Crippen molar-refractivity contribution in [1.29, 1.82) is 0 Å². The molecule has 5 nitrogen and oxygen atoms in total. The van der Waals surface area contributed by atoms with Gasteiger partial charge in [-0.15, -0.1) is 0 Å². The van der Waals surface area contributed by atoms with E-state index in [2.05, 4.69) is 0 Å². The lowest BCUT2D eigenvalue weighted by Crippen LogP contribution is -2.56. The fourth-order valence-electron chi connectivity index (χ4n) is 2.39. The van der Waals surface area contributed by atoms with Crippen LogP contribution in [0.1, 0.15) is 26.2 Å². The van der Waals surface area contributed by atoms with Gasteiger partial charge in [0.05, 0.1) is 6.54 Å². The lowest BCUT2D eigenvalue weighted by molar-refractivity contribution is -0.148. The molecule has 1 aliphatic rings. The van der Waals surface area contributed by atoms with Crippen LogP contribution in [-0.4, -0.2) is 59.0 Å². The van der Waals surface area contributed by atoms with Gasteiger partial charge in [-0.25, -0.2) is 18.4 Å². The van der Waals surface area contributed by atoms with Gasteiger partial charge in [0.15, 0.2) is 0 Å². The number of halogens is 2. The van der Waals surface area contributed by atoms with Crippen molar-refractivity contribution in [2.75, 3.05) is 20.1 Å². The van der Waals surface area contributed by atoms with Crippen molar-refractivity contribution in [2.45, 2.75) is 38.2 Å². The molecule has 0 radical (unpaired) electrons. The molecule has 2 amide bonds. The molecule has 0 aliphatic carbocycles. The molecule has 1 unspecified atom stereocenters. The van der Waals surface area contributed by atoms with Gasteiger partial charge in [0.25, 0.3) is 6.43 Å². The molecule has 0 saturated carbocycles. The van der Waals surface area contributed by atoms with Crippen LogP contribution < -0.4 is 0 Å². The van der Waals surface area contributed by atoms with Gasteiger partial charge in [0, 0.05) is 13.6 Å². The minimum atomic E-state index is -2.62. The van der Waals surface area contributed by atoms with Crippen LogP contribution >= 0.6 is 0 Å². The molecule has 1 N–H and O–H groups in total. The van der Waals surface area contributed by atoms with E-state index in [1.165, 1.54) is 11.9 Å². The molecule has 1 heterocycles. The monoisotopic (exact) mass is 264 g/mol. The summed E-state index contributed by atoms with van der Waals surface area (Å²) < 4.78 is 24.5. The van der Waals surface area contributed by atoms with E-state index in [1.54, 1.807) is 6.92 Å². The van der Waals surface area contributed by atoms with Crippen molar-refractivity contribution < 1.29 is 23.5 Å². The Labute approximate surface area is 104 Å². The first-order valence-corrected chi connectivity index (χ1v) is 5.89. The second kappa shape index (κ2) is 5.49. The summed E-state index contributed by atoms with van der Waals surface area (Å²) in [6.07, 6.45) is -1.40. The number of urea groups is 1. The minimum absolute atomic E-state index is 0.274. The van der Waals surface area contributed by atoms with Crippen LogP contribution in [0.15, 0.2) is 0 Å². The van der Waals surface area contributed by atoms with Crippen molar-refractivity contribution in [2.24, 2.45) is 0 Å². The van der Waals surface area contributed by atoms with Crippen LogP contribution in [0.5, 0.6) is 0 Å². The zero-order chi connectivity index (χ0) is 13.9. The third kappa shape index (κ3) is 2.54. The van der Waals surface area contributed by atoms with Crippen LogP contribution in [0.2, 0.25) is 0 Å². The number of carboxylic acid groups (broad SMARTS) is 1. The Kier molecular flexibility index (Phi) is 4.48. The molecule has 18 heavy (non-hydrogen) atoms. The van der Waals surface area contributed by atoms with Gasteiger partial charge >= 0.3 is 12.0 Å². The second-order valence-electron chi connectivity index (χ2n) is 4.50. The highest BCUT2D eigenvalue weighted by Gasteiger charge is 2.49. The average molecular weight is 264 g/mol. The number of likely N-dealkylation sites (tertiary alicyclic amines) is 1. The van der Waals surface area contributed by atoms with Crippen LogP contribution in [0.4, 0.5) is 13.6 Å². The summed E-state index contributed by atoms with van der Waals surface area (Å²) in [5.41, 5.74) is -1.24. The van der Waals surface area contributed by atoms with Crippen molar-refractivity contribution in [1.82, 2.24) is 9.80 Å². The average Bonchev–Trinajstić information content (AvgIpc) is 2.71. The van der Waals surface area contributed by atoms with Gasteiger partial charge in [0.2, 0.25) is 0 Å². The Bertz CT molecular complexity index is 338. The largest absolute Gasteiger partial charge is 0.479 e. The number of hydrogen-bond acceptors (Lipinski definition) is 2. The smallest absolute Gasteiger partial charge is 0.329 e. The molecule has 1 rings (SSSR count). The van der Waals surface area contributed by atoms with Crippen molar-refractivity contribution in [3.63, 3.8) is 0 Å². The number of hydrogen-bond donors (Lipinski definition) is 1. The molecule has 0 spiro atoms. The third-order valence-corrected chi connectivity index (χ3v) is 3.44. The van der Waals surface area contributed by atoms with Crippen molar-refractivity contribution >= 4 is 12.0 Å². The summed E-state index contributed by atoms with van der Waals surface area (Å²) in [7, 11) is 1.26. The lowest BCUT2D eigenvalue weighted by atomic mass is 9.93. The van der Waals surface area contributed by atoms with Gasteiger partial charge in [-0.3, -0.25) is 0 Å². The van der Waals surface area contributed by atoms with E-state index in [0.29, 0.717) is 19.4 Å². The van der Waals surface area contributed by atoms with Gasteiger partial charge < -0.3 is 14.9 Å². The van der Waals surface area contributed by atoms with E-state index in [0.717, 1.165) is 4.90 Å². The predicted molar refractivity (Wildman–Crippen MR) is 60.6 cm³/mol. The summed E-state index contributed by atoms with van der Waals surface area (Å²) in [5.74, 6) is -1.07. The Balaban J connectivity index is 2.87. The number of nitrogens with zero attached hydrogens (tertiary/aromatic N) is 2. The molecule has 0 bridgehead atoms. The van der Waals surface area contributed by atoms with E-state index in [4.69, 9.17) is 0 Å². The van der Waals surface area contributed by atoms with Crippen LogP contribution in [-0.2, 0) is 4.79 Å². The van der Waals surface area contributed by atoms with Crippen molar-refractivity contribution in [3.8, 4) is 0 Å². The standard InChI is InChI=1S/C11H18F2N2O3/c1-3-11(9(16)17)5-4-6-15(11)10(18)14(2)7-8(12)13/h8H,3-7H2,1-2H3,(H,16,17). The number of carbonyl (C=O) groups is 2. The minimum Gasteiger partial charge on any atom is -0.479 e. The molecular weight excluding hydrogens is 246 g/mol. The van der Waals surface area contributed by atoms with E-state index in [1.807, 2.05) is 0 Å². The number of alkyl halides is 2. The fraction of sp³-hybridized carbons (Fsp3) is 0.818. The zero-order valence-corrected chi connectivity index (χ0v) is 10.5. The van der Waals surface area contributed by atoms with E-state index in [-0.39, 0.29) is 6.42 Å². The third-order valence-electron chi connectivity index (χ3n) is 3.44. The molecule has 1 saturated heterocycles. The van der Waals surface area contributed by atoms with Gasteiger partial charge in [-0.2, -0.15) is 0 Å². The predicted octanol–water partition coefficient (Wildman–Crippen LogP) is 1.63. The Morgan fingerprint density at radius 1 is 1.50 bits per heavy atom. The summed E-state index contributed by atoms with van der Waals surface area (Å²) >= 11 is 0. The Morgan fingerprint density at radius 2 is 2.11 bits per heavy atom. The Morgan fingerprint density at radius 3 is 2.56 bits per heavy atom. The van der Waals surface area contributed by atoms with Crippen LogP contribution in [0.25, 0.3) is 0 Å². The Hall–Kier alpha value is -1.40. The molecule has 104 valence electrons.